The molecule has 0 atom stereocenters. The maximum absolute atomic E-state index is 4.98. The molecular formula is C9H19NO. The Hall–Kier alpha value is -0.0800. The number of hydrogen-bond acceptors (Lipinski definition) is 2. The summed E-state index contributed by atoms with van der Waals surface area (Å²) in [5.41, 5.74) is 0.955. The molecule has 0 aromatic carbocycles. The summed E-state index contributed by atoms with van der Waals surface area (Å²) in [4.78, 5) is 4.58. The molecule has 2 heteroatoms. The van der Waals surface area contributed by atoms with Crippen molar-refractivity contribution in [2.75, 3.05) is 6.61 Å². The second kappa shape index (κ2) is 2.46. The van der Waals surface area contributed by atoms with Crippen LogP contribution in [0.25, 0.3) is 0 Å². The van der Waals surface area contributed by atoms with Crippen LogP contribution in [-0.4, -0.2) is 6.61 Å². The Morgan fingerprint density at radius 1 is 1.18 bits per heavy atom. The molecule has 0 heterocycles. The summed E-state index contributed by atoms with van der Waals surface area (Å²) in [5, 5.41) is 0. The van der Waals surface area contributed by atoms with E-state index in [9.17, 15) is 0 Å². The van der Waals surface area contributed by atoms with Crippen molar-refractivity contribution in [2.45, 2.75) is 34.1 Å². The van der Waals surface area contributed by atoms with Crippen LogP contribution in [0, 0.1) is 16.7 Å². The largest absolute Gasteiger partial charge is 0.305 e. The van der Waals surface area contributed by atoms with E-state index < -0.39 is 0 Å². The van der Waals surface area contributed by atoms with E-state index in [-0.39, 0.29) is 0 Å². The van der Waals surface area contributed by atoms with Gasteiger partial charge in [0.15, 0.2) is 0 Å². The Bertz CT molecular complexity index is 138. The lowest BCUT2D eigenvalue weighted by atomic mass is 10.0. The molecule has 1 aliphatic carbocycles. The molecule has 2 nitrogen and oxygen atoms in total. The van der Waals surface area contributed by atoms with E-state index in [1.54, 1.807) is 0 Å². The maximum Gasteiger partial charge on any atom is 0.0682 e. The molecule has 2 N–H and O–H groups in total. The molecule has 0 saturated heterocycles. The summed E-state index contributed by atoms with van der Waals surface area (Å²) in [6.45, 7) is 9.95. The third-order valence-electron chi connectivity index (χ3n) is 3.84. The van der Waals surface area contributed by atoms with Crippen molar-refractivity contribution in [1.82, 2.24) is 0 Å². The van der Waals surface area contributed by atoms with Gasteiger partial charge in [0.1, 0.15) is 0 Å². The van der Waals surface area contributed by atoms with Crippen LogP contribution in [0.2, 0.25) is 0 Å². The molecule has 0 bridgehead atoms. The van der Waals surface area contributed by atoms with E-state index in [1.807, 2.05) is 0 Å². The molecule has 0 aliphatic heterocycles. The molecule has 66 valence electrons. The van der Waals surface area contributed by atoms with Crippen LogP contribution in [0.15, 0.2) is 0 Å². The fraction of sp³-hybridized carbons (Fsp3) is 1.00. The van der Waals surface area contributed by atoms with Crippen LogP contribution < -0.4 is 5.90 Å². The van der Waals surface area contributed by atoms with Crippen LogP contribution in [0.3, 0.4) is 0 Å². The maximum atomic E-state index is 4.98. The lowest BCUT2D eigenvalue weighted by Crippen LogP contribution is -2.03. The van der Waals surface area contributed by atoms with Crippen molar-refractivity contribution in [3.8, 4) is 0 Å². The first kappa shape index (κ1) is 9.01. The quantitative estimate of drug-likeness (QED) is 0.635. The zero-order valence-corrected chi connectivity index (χ0v) is 7.98. The zero-order chi connectivity index (χ0) is 8.70. The lowest BCUT2D eigenvalue weighted by Gasteiger charge is -2.04. The number of nitrogens with two attached hydrogens (primary N) is 1. The average molecular weight is 157 g/mol. The first-order chi connectivity index (χ1) is 4.94. The first-order valence-corrected chi connectivity index (χ1v) is 4.26. The first-order valence-electron chi connectivity index (χ1n) is 4.26. The third kappa shape index (κ3) is 1.18. The van der Waals surface area contributed by atoms with Gasteiger partial charge < -0.3 is 4.84 Å². The zero-order valence-electron chi connectivity index (χ0n) is 7.98. The van der Waals surface area contributed by atoms with Crippen LogP contribution in [-0.2, 0) is 4.84 Å². The van der Waals surface area contributed by atoms with Gasteiger partial charge in [-0.2, -0.15) is 0 Å². The topological polar surface area (TPSA) is 35.2 Å². The van der Waals surface area contributed by atoms with Crippen molar-refractivity contribution in [3.05, 3.63) is 0 Å². The summed E-state index contributed by atoms with van der Waals surface area (Å²) in [7, 11) is 0. The molecule has 1 aliphatic rings. The van der Waals surface area contributed by atoms with Gasteiger partial charge in [0.2, 0.25) is 0 Å². The van der Waals surface area contributed by atoms with Crippen molar-refractivity contribution in [2.24, 2.45) is 22.6 Å². The minimum atomic E-state index is 0.478. The van der Waals surface area contributed by atoms with Crippen LogP contribution in [0.1, 0.15) is 34.1 Å². The summed E-state index contributed by atoms with van der Waals surface area (Å²) in [6.07, 6.45) is 1.09. The fourth-order valence-corrected chi connectivity index (χ4v) is 2.24. The standard InChI is InChI=1S/C9H19NO/c1-8(2)7(5-6-11-10)9(8,3)4/h7H,5-6,10H2,1-4H3. The lowest BCUT2D eigenvalue weighted by molar-refractivity contribution is 0.127. The molecule has 0 spiro atoms. The molecule has 0 unspecified atom stereocenters. The highest BCUT2D eigenvalue weighted by atomic mass is 16.6. The molecule has 0 radical (unpaired) electrons. The summed E-state index contributed by atoms with van der Waals surface area (Å²) in [5.74, 6) is 5.76. The van der Waals surface area contributed by atoms with Crippen molar-refractivity contribution >= 4 is 0 Å². The van der Waals surface area contributed by atoms with Gasteiger partial charge in [0, 0.05) is 0 Å². The molecule has 0 amide bonds. The fourth-order valence-electron chi connectivity index (χ4n) is 2.24. The van der Waals surface area contributed by atoms with Gasteiger partial charge in [-0.15, -0.1) is 0 Å². The molecule has 11 heavy (non-hydrogen) atoms. The van der Waals surface area contributed by atoms with E-state index in [1.165, 1.54) is 0 Å². The Labute approximate surface area is 69.1 Å². The summed E-state index contributed by atoms with van der Waals surface area (Å²) < 4.78 is 0. The van der Waals surface area contributed by atoms with Gasteiger partial charge >= 0.3 is 0 Å². The average Bonchev–Trinajstić information content (AvgIpc) is 2.23. The SMILES string of the molecule is CC1(C)C(CCON)C1(C)C. The number of hydrogen-bond donors (Lipinski definition) is 1. The molecule has 0 aromatic rings. The Morgan fingerprint density at radius 3 is 1.91 bits per heavy atom. The molecule has 1 rings (SSSR count). The van der Waals surface area contributed by atoms with Gasteiger partial charge in [0.05, 0.1) is 6.61 Å². The van der Waals surface area contributed by atoms with E-state index in [4.69, 9.17) is 5.90 Å². The molecule has 1 saturated carbocycles. The van der Waals surface area contributed by atoms with E-state index >= 15 is 0 Å². The number of rotatable bonds is 3. The predicted octanol–water partition coefficient (Wildman–Crippen LogP) is 1.95. The normalized spacial score (nSPS) is 27.0. The third-order valence-corrected chi connectivity index (χ3v) is 3.84. The van der Waals surface area contributed by atoms with Gasteiger partial charge in [-0.25, -0.2) is 5.90 Å². The van der Waals surface area contributed by atoms with Crippen molar-refractivity contribution < 1.29 is 4.84 Å². The monoisotopic (exact) mass is 157 g/mol. The van der Waals surface area contributed by atoms with Crippen LogP contribution in [0.5, 0.6) is 0 Å². The highest BCUT2D eigenvalue weighted by molar-refractivity contribution is 5.11. The van der Waals surface area contributed by atoms with Crippen LogP contribution >= 0.6 is 0 Å². The van der Waals surface area contributed by atoms with Gasteiger partial charge in [-0.3, -0.25) is 0 Å². The second-order valence-corrected chi connectivity index (χ2v) is 4.66. The van der Waals surface area contributed by atoms with Crippen LogP contribution in [0.4, 0.5) is 0 Å². The van der Waals surface area contributed by atoms with Crippen molar-refractivity contribution in [1.29, 1.82) is 0 Å². The summed E-state index contributed by atoms with van der Waals surface area (Å²) in [6, 6.07) is 0. The van der Waals surface area contributed by atoms with E-state index in [2.05, 4.69) is 32.5 Å². The smallest absolute Gasteiger partial charge is 0.0682 e. The minimum absolute atomic E-state index is 0.478. The molecule has 1 fully saturated rings. The second-order valence-electron chi connectivity index (χ2n) is 4.66. The minimum Gasteiger partial charge on any atom is -0.305 e. The summed E-state index contributed by atoms with van der Waals surface area (Å²) >= 11 is 0. The Kier molecular flexibility index (Phi) is 2.01. The highest BCUT2D eigenvalue weighted by Crippen LogP contribution is 2.69. The Morgan fingerprint density at radius 2 is 1.64 bits per heavy atom. The van der Waals surface area contributed by atoms with Gasteiger partial charge in [0.25, 0.3) is 0 Å². The molecule has 0 aromatic heterocycles. The predicted molar refractivity (Wildman–Crippen MR) is 45.8 cm³/mol. The highest BCUT2D eigenvalue weighted by Gasteiger charge is 2.63. The van der Waals surface area contributed by atoms with E-state index in [0.717, 1.165) is 12.3 Å². The van der Waals surface area contributed by atoms with E-state index in [0.29, 0.717) is 17.4 Å². The van der Waals surface area contributed by atoms with Gasteiger partial charge in [-0.1, -0.05) is 27.7 Å². The molecular weight excluding hydrogens is 138 g/mol. The van der Waals surface area contributed by atoms with Crippen molar-refractivity contribution in [3.63, 3.8) is 0 Å². The van der Waals surface area contributed by atoms with Gasteiger partial charge in [-0.05, 0) is 23.2 Å². The Balaban J connectivity index is 2.41.